The molecule has 0 unspecified atom stereocenters. The van der Waals surface area contributed by atoms with Gasteiger partial charge in [0.2, 0.25) is 0 Å². The summed E-state index contributed by atoms with van der Waals surface area (Å²) in [6, 6.07) is 16.4. The van der Waals surface area contributed by atoms with Gasteiger partial charge in [0.1, 0.15) is 5.75 Å². The maximum Gasteiger partial charge on any atom is 0.171 e. The lowest BCUT2D eigenvalue weighted by Crippen LogP contribution is -2.35. The third-order valence-corrected chi connectivity index (χ3v) is 4.58. The highest BCUT2D eigenvalue weighted by molar-refractivity contribution is 7.80. The molecule has 26 heavy (non-hydrogen) atoms. The number of nitrogens with one attached hydrogen (secondary N) is 2. The van der Waals surface area contributed by atoms with Crippen molar-refractivity contribution in [1.29, 1.82) is 0 Å². The van der Waals surface area contributed by atoms with E-state index in [2.05, 4.69) is 39.8 Å². The minimum absolute atomic E-state index is 0.604. The van der Waals surface area contributed by atoms with Gasteiger partial charge >= 0.3 is 0 Å². The van der Waals surface area contributed by atoms with Crippen LogP contribution >= 0.6 is 12.2 Å². The van der Waals surface area contributed by atoms with Gasteiger partial charge in [-0.05, 0) is 47.6 Å². The highest BCUT2D eigenvalue weighted by atomic mass is 32.1. The molecule has 2 N–H and O–H groups in total. The number of benzene rings is 2. The average Bonchev–Trinajstić information content (AvgIpc) is 2.69. The molecule has 1 heterocycles. The van der Waals surface area contributed by atoms with Gasteiger partial charge in [-0.1, -0.05) is 24.3 Å². The number of ether oxygens (including phenoxy) is 2. The van der Waals surface area contributed by atoms with E-state index in [1.165, 1.54) is 11.1 Å². The van der Waals surface area contributed by atoms with Crippen molar-refractivity contribution < 1.29 is 9.47 Å². The predicted octanol–water partition coefficient (Wildman–Crippen LogP) is 3.01. The Hall–Kier alpha value is -2.15. The SMILES string of the molecule is COc1ccc(NC(=S)NCc2ccc(CN3CCOCC3)cc2)cc1. The summed E-state index contributed by atoms with van der Waals surface area (Å²) in [5.41, 5.74) is 3.47. The van der Waals surface area contributed by atoms with E-state index in [9.17, 15) is 0 Å². The van der Waals surface area contributed by atoms with Gasteiger partial charge < -0.3 is 20.1 Å². The van der Waals surface area contributed by atoms with Gasteiger partial charge in [-0.15, -0.1) is 0 Å². The number of nitrogens with zero attached hydrogens (tertiary/aromatic N) is 1. The third kappa shape index (κ3) is 5.69. The van der Waals surface area contributed by atoms with E-state index in [0.29, 0.717) is 11.7 Å². The molecule has 138 valence electrons. The van der Waals surface area contributed by atoms with Gasteiger partial charge in [0.25, 0.3) is 0 Å². The van der Waals surface area contributed by atoms with Gasteiger partial charge in [0, 0.05) is 31.9 Å². The molecule has 2 aromatic carbocycles. The molecule has 1 aliphatic rings. The fourth-order valence-corrected chi connectivity index (χ4v) is 3.00. The van der Waals surface area contributed by atoms with E-state index in [-0.39, 0.29) is 0 Å². The Morgan fingerprint density at radius 3 is 2.35 bits per heavy atom. The van der Waals surface area contributed by atoms with Crippen LogP contribution in [0.25, 0.3) is 0 Å². The second kappa shape index (κ2) is 9.52. The molecule has 3 rings (SSSR count). The molecule has 0 radical (unpaired) electrons. The second-order valence-corrected chi connectivity index (χ2v) is 6.65. The molecular weight excluding hydrogens is 346 g/mol. The van der Waals surface area contributed by atoms with Crippen molar-refractivity contribution in [2.75, 3.05) is 38.7 Å². The Kier molecular flexibility index (Phi) is 6.82. The summed E-state index contributed by atoms with van der Waals surface area (Å²) in [5, 5.41) is 7.02. The van der Waals surface area contributed by atoms with Crippen LogP contribution in [0.15, 0.2) is 48.5 Å². The van der Waals surface area contributed by atoms with Crippen LogP contribution in [-0.2, 0) is 17.8 Å². The smallest absolute Gasteiger partial charge is 0.171 e. The molecule has 2 aromatic rings. The minimum atomic E-state index is 0.604. The van der Waals surface area contributed by atoms with Crippen LogP contribution < -0.4 is 15.4 Å². The van der Waals surface area contributed by atoms with Crippen LogP contribution in [0.4, 0.5) is 5.69 Å². The summed E-state index contributed by atoms with van der Waals surface area (Å²) in [4.78, 5) is 2.42. The molecule has 0 saturated carbocycles. The number of hydrogen-bond donors (Lipinski definition) is 2. The molecule has 0 atom stereocenters. The fourth-order valence-electron chi connectivity index (χ4n) is 2.81. The van der Waals surface area contributed by atoms with E-state index in [0.717, 1.165) is 44.3 Å². The lowest BCUT2D eigenvalue weighted by atomic mass is 10.1. The molecule has 1 aliphatic heterocycles. The topological polar surface area (TPSA) is 45.8 Å². The van der Waals surface area contributed by atoms with E-state index in [1.807, 2.05) is 24.3 Å². The average molecular weight is 372 g/mol. The van der Waals surface area contributed by atoms with Crippen molar-refractivity contribution in [2.24, 2.45) is 0 Å². The molecule has 6 heteroatoms. The molecule has 0 bridgehead atoms. The highest BCUT2D eigenvalue weighted by Gasteiger charge is 2.10. The summed E-state index contributed by atoms with van der Waals surface area (Å²) in [6.45, 7) is 5.36. The van der Waals surface area contributed by atoms with E-state index in [4.69, 9.17) is 21.7 Å². The van der Waals surface area contributed by atoms with Crippen molar-refractivity contribution in [1.82, 2.24) is 10.2 Å². The zero-order chi connectivity index (χ0) is 18.2. The second-order valence-electron chi connectivity index (χ2n) is 6.24. The quantitative estimate of drug-likeness (QED) is 0.761. The number of anilines is 1. The highest BCUT2D eigenvalue weighted by Crippen LogP contribution is 2.15. The number of morpholine rings is 1. The molecule has 0 aromatic heterocycles. The van der Waals surface area contributed by atoms with Crippen molar-refractivity contribution >= 4 is 23.0 Å². The molecule has 1 fully saturated rings. The lowest BCUT2D eigenvalue weighted by Gasteiger charge is -2.26. The lowest BCUT2D eigenvalue weighted by molar-refractivity contribution is 0.0342. The summed E-state index contributed by atoms with van der Waals surface area (Å²) >= 11 is 5.36. The molecule has 0 spiro atoms. The van der Waals surface area contributed by atoms with Crippen molar-refractivity contribution in [2.45, 2.75) is 13.1 Å². The van der Waals surface area contributed by atoms with Crippen LogP contribution in [0.5, 0.6) is 5.75 Å². The third-order valence-electron chi connectivity index (χ3n) is 4.33. The number of rotatable bonds is 6. The Balaban J connectivity index is 1.44. The first-order valence-corrected chi connectivity index (χ1v) is 9.20. The first kappa shape index (κ1) is 18.6. The Morgan fingerprint density at radius 1 is 1.04 bits per heavy atom. The standard InChI is InChI=1S/C20H25N3O2S/c1-24-19-8-6-18(7-9-19)22-20(26)21-14-16-2-4-17(5-3-16)15-23-10-12-25-13-11-23/h2-9H,10-15H2,1H3,(H2,21,22,26). The van der Waals surface area contributed by atoms with Gasteiger partial charge in [-0.25, -0.2) is 0 Å². The Labute approximate surface area is 160 Å². The van der Waals surface area contributed by atoms with E-state index < -0.39 is 0 Å². The van der Waals surface area contributed by atoms with Gasteiger partial charge in [0.15, 0.2) is 5.11 Å². The molecule has 5 nitrogen and oxygen atoms in total. The zero-order valence-corrected chi connectivity index (χ0v) is 15.8. The summed E-state index contributed by atoms with van der Waals surface area (Å²) in [7, 11) is 1.65. The largest absolute Gasteiger partial charge is 0.497 e. The number of methoxy groups -OCH3 is 1. The first-order chi connectivity index (χ1) is 12.7. The summed E-state index contributed by atoms with van der Waals surface area (Å²) in [5.74, 6) is 0.826. The van der Waals surface area contributed by atoms with Crippen molar-refractivity contribution in [3.8, 4) is 5.75 Å². The summed E-state index contributed by atoms with van der Waals surface area (Å²) < 4.78 is 10.5. The molecule has 0 amide bonds. The van der Waals surface area contributed by atoms with Crippen molar-refractivity contribution in [3.05, 3.63) is 59.7 Å². The van der Waals surface area contributed by atoms with Crippen LogP contribution in [0.2, 0.25) is 0 Å². The van der Waals surface area contributed by atoms with Crippen LogP contribution in [0.1, 0.15) is 11.1 Å². The van der Waals surface area contributed by atoms with Crippen LogP contribution in [0.3, 0.4) is 0 Å². The Bertz CT molecular complexity index is 698. The maximum atomic E-state index is 5.39. The monoisotopic (exact) mass is 371 g/mol. The molecule has 1 saturated heterocycles. The van der Waals surface area contributed by atoms with Crippen molar-refractivity contribution in [3.63, 3.8) is 0 Å². The van der Waals surface area contributed by atoms with E-state index >= 15 is 0 Å². The molecule has 0 aliphatic carbocycles. The van der Waals surface area contributed by atoms with Gasteiger partial charge in [-0.3, -0.25) is 4.90 Å². The van der Waals surface area contributed by atoms with E-state index in [1.54, 1.807) is 7.11 Å². The predicted molar refractivity (Wildman–Crippen MR) is 109 cm³/mol. The van der Waals surface area contributed by atoms with Crippen LogP contribution in [-0.4, -0.2) is 43.4 Å². The fraction of sp³-hybridized carbons (Fsp3) is 0.350. The maximum absolute atomic E-state index is 5.39. The zero-order valence-electron chi connectivity index (χ0n) is 15.0. The summed E-state index contributed by atoms with van der Waals surface area (Å²) in [6.07, 6.45) is 0. The van der Waals surface area contributed by atoms with Gasteiger partial charge in [0.05, 0.1) is 20.3 Å². The normalized spacial score (nSPS) is 14.7. The number of hydrogen-bond acceptors (Lipinski definition) is 4. The number of thiocarbonyl (C=S) groups is 1. The Morgan fingerprint density at radius 2 is 1.69 bits per heavy atom. The van der Waals surface area contributed by atoms with Gasteiger partial charge in [-0.2, -0.15) is 0 Å². The minimum Gasteiger partial charge on any atom is -0.497 e. The van der Waals surface area contributed by atoms with Crippen LogP contribution in [0, 0.1) is 0 Å². The first-order valence-electron chi connectivity index (χ1n) is 8.80. The molecular formula is C20H25N3O2S.